The molecule has 0 aromatic rings. The lowest BCUT2D eigenvalue weighted by Gasteiger charge is -2.33. The zero-order valence-corrected chi connectivity index (χ0v) is 9.00. The highest BCUT2D eigenvalue weighted by Gasteiger charge is 2.34. The summed E-state index contributed by atoms with van der Waals surface area (Å²) in [4.78, 5) is 0. The van der Waals surface area contributed by atoms with E-state index in [0.717, 1.165) is 19.3 Å². The fourth-order valence-corrected chi connectivity index (χ4v) is 1.60. The van der Waals surface area contributed by atoms with Crippen LogP contribution in [0.15, 0.2) is 0 Å². The Morgan fingerprint density at radius 1 is 1.15 bits per heavy atom. The van der Waals surface area contributed by atoms with Gasteiger partial charge in [0.1, 0.15) is 0 Å². The largest absolute Gasteiger partial charge is 0.396 e. The van der Waals surface area contributed by atoms with E-state index in [1.54, 1.807) is 0 Å². The van der Waals surface area contributed by atoms with Crippen molar-refractivity contribution in [2.45, 2.75) is 31.4 Å². The van der Waals surface area contributed by atoms with Gasteiger partial charge in [0.15, 0.2) is 0 Å². The number of aliphatic hydroxyl groups is 3. The van der Waals surface area contributed by atoms with Crippen LogP contribution >= 0.6 is 12.6 Å². The summed E-state index contributed by atoms with van der Waals surface area (Å²) in [6, 6.07) is 0. The minimum atomic E-state index is -0.835. The molecule has 13 heavy (non-hydrogen) atoms. The predicted octanol–water partition coefficient (Wildman–Crippen LogP) is 0.438. The molecule has 0 radical (unpaired) electrons. The summed E-state index contributed by atoms with van der Waals surface area (Å²) in [5.74, 6) is 0. The van der Waals surface area contributed by atoms with Gasteiger partial charge in [0.05, 0.1) is 25.2 Å². The number of unbranched alkanes of at least 4 members (excludes halogenated alkanes) is 1. The first kappa shape index (κ1) is 13.2. The van der Waals surface area contributed by atoms with Crippen LogP contribution in [0.2, 0.25) is 0 Å². The lowest BCUT2D eigenvalue weighted by molar-refractivity contribution is 0.00297. The molecule has 0 aromatic carbocycles. The van der Waals surface area contributed by atoms with Crippen LogP contribution in [0.3, 0.4) is 0 Å². The fourth-order valence-electron chi connectivity index (χ4n) is 1.17. The van der Waals surface area contributed by atoms with Crippen LogP contribution in [0.5, 0.6) is 0 Å². The number of thiol groups is 1. The molecule has 0 rings (SSSR count). The lowest BCUT2D eigenvalue weighted by atomic mass is 9.84. The van der Waals surface area contributed by atoms with Crippen LogP contribution in [0.1, 0.15) is 26.2 Å². The molecule has 0 saturated heterocycles. The van der Waals surface area contributed by atoms with Crippen molar-refractivity contribution in [3.63, 3.8) is 0 Å². The number of rotatable bonds is 7. The Morgan fingerprint density at radius 3 is 1.92 bits per heavy atom. The van der Waals surface area contributed by atoms with Gasteiger partial charge in [0.25, 0.3) is 0 Å². The molecular weight excluding hydrogens is 188 g/mol. The van der Waals surface area contributed by atoms with Gasteiger partial charge in [-0.25, -0.2) is 0 Å². The minimum absolute atomic E-state index is 0.146. The Hall–Kier alpha value is 0.230. The third kappa shape index (κ3) is 3.46. The molecule has 0 bridgehead atoms. The van der Waals surface area contributed by atoms with Crippen molar-refractivity contribution in [2.24, 2.45) is 5.41 Å². The number of aliphatic hydroxyl groups excluding tert-OH is 3. The summed E-state index contributed by atoms with van der Waals surface area (Å²) < 4.78 is 0. The van der Waals surface area contributed by atoms with Gasteiger partial charge in [-0.05, 0) is 6.42 Å². The second kappa shape index (κ2) is 6.65. The molecule has 0 aliphatic carbocycles. The standard InChI is InChI=1S/C9H20O3S/c1-2-3-4-8(13)9(5-10,6-11)7-12/h8,10-13H,2-7H2,1H3. The van der Waals surface area contributed by atoms with E-state index in [-0.39, 0.29) is 25.1 Å². The first-order valence-electron chi connectivity index (χ1n) is 4.67. The molecule has 80 valence electrons. The fraction of sp³-hybridized carbons (Fsp3) is 1.00. The molecule has 0 heterocycles. The third-order valence-corrected chi connectivity index (χ3v) is 3.29. The first-order valence-corrected chi connectivity index (χ1v) is 5.19. The lowest BCUT2D eigenvalue weighted by Crippen LogP contribution is -2.42. The quantitative estimate of drug-likeness (QED) is 0.459. The van der Waals surface area contributed by atoms with Crippen LogP contribution < -0.4 is 0 Å². The van der Waals surface area contributed by atoms with Gasteiger partial charge in [-0.1, -0.05) is 19.8 Å². The summed E-state index contributed by atoms with van der Waals surface area (Å²) in [6.45, 7) is 1.40. The van der Waals surface area contributed by atoms with E-state index in [0.29, 0.717) is 0 Å². The van der Waals surface area contributed by atoms with Crippen LogP contribution in [-0.4, -0.2) is 40.4 Å². The summed E-state index contributed by atoms with van der Waals surface area (Å²) in [7, 11) is 0. The molecule has 0 saturated carbocycles. The molecule has 0 aliphatic heterocycles. The maximum atomic E-state index is 9.08. The van der Waals surface area contributed by atoms with Crippen molar-refractivity contribution in [1.82, 2.24) is 0 Å². The Labute approximate surface area is 85.2 Å². The van der Waals surface area contributed by atoms with E-state index >= 15 is 0 Å². The molecule has 3 N–H and O–H groups in total. The van der Waals surface area contributed by atoms with E-state index < -0.39 is 5.41 Å². The summed E-state index contributed by atoms with van der Waals surface area (Å²) >= 11 is 4.30. The Kier molecular flexibility index (Phi) is 6.77. The van der Waals surface area contributed by atoms with Crippen LogP contribution in [0.25, 0.3) is 0 Å². The Bertz CT molecular complexity index is 118. The topological polar surface area (TPSA) is 60.7 Å². The molecule has 1 unspecified atom stereocenters. The number of hydrogen-bond donors (Lipinski definition) is 4. The van der Waals surface area contributed by atoms with Crippen LogP contribution in [0.4, 0.5) is 0 Å². The van der Waals surface area contributed by atoms with Crippen molar-refractivity contribution in [3.8, 4) is 0 Å². The van der Waals surface area contributed by atoms with Crippen LogP contribution in [-0.2, 0) is 0 Å². The van der Waals surface area contributed by atoms with E-state index in [1.807, 2.05) is 0 Å². The molecular formula is C9H20O3S. The third-order valence-electron chi connectivity index (χ3n) is 2.48. The smallest absolute Gasteiger partial charge is 0.0542 e. The molecule has 0 aliphatic rings. The Balaban J connectivity index is 4.17. The van der Waals surface area contributed by atoms with Crippen molar-refractivity contribution < 1.29 is 15.3 Å². The predicted molar refractivity (Wildman–Crippen MR) is 56.0 cm³/mol. The Morgan fingerprint density at radius 2 is 1.62 bits per heavy atom. The molecule has 0 aromatic heterocycles. The van der Waals surface area contributed by atoms with Crippen molar-refractivity contribution >= 4 is 12.6 Å². The van der Waals surface area contributed by atoms with Gasteiger partial charge in [0, 0.05) is 5.25 Å². The highest BCUT2D eigenvalue weighted by atomic mass is 32.1. The molecule has 0 amide bonds. The second-order valence-corrected chi connectivity index (χ2v) is 4.12. The first-order chi connectivity index (χ1) is 6.16. The molecule has 1 atom stereocenters. The highest BCUT2D eigenvalue weighted by Crippen LogP contribution is 2.28. The molecule has 0 fully saturated rings. The monoisotopic (exact) mass is 208 g/mol. The molecule has 3 nitrogen and oxygen atoms in total. The van der Waals surface area contributed by atoms with Gasteiger partial charge in [-0.2, -0.15) is 12.6 Å². The van der Waals surface area contributed by atoms with Crippen LogP contribution in [0, 0.1) is 5.41 Å². The second-order valence-electron chi connectivity index (χ2n) is 3.49. The molecule has 4 heteroatoms. The van der Waals surface area contributed by atoms with Crippen molar-refractivity contribution in [3.05, 3.63) is 0 Å². The normalized spacial score (nSPS) is 14.5. The summed E-state index contributed by atoms with van der Waals surface area (Å²) in [5.41, 5.74) is -0.835. The van der Waals surface area contributed by atoms with E-state index in [2.05, 4.69) is 19.6 Å². The van der Waals surface area contributed by atoms with E-state index in [4.69, 9.17) is 15.3 Å². The highest BCUT2D eigenvalue weighted by molar-refractivity contribution is 7.81. The summed E-state index contributed by atoms with van der Waals surface area (Å²) in [5, 5.41) is 27.1. The van der Waals surface area contributed by atoms with Gasteiger partial charge < -0.3 is 15.3 Å². The van der Waals surface area contributed by atoms with Gasteiger partial charge in [-0.3, -0.25) is 0 Å². The molecule has 0 spiro atoms. The number of hydrogen-bond acceptors (Lipinski definition) is 4. The van der Waals surface area contributed by atoms with Gasteiger partial charge >= 0.3 is 0 Å². The average molecular weight is 208 g/mol. The zero-order chi connectivity index (χ0) is 10.3. The van der Waals surface area contributed by atoms with E-state index in [9.17, 15) is 0 Å². The van der Waals surface area contributed by atoms with E-state index in [1.165, 1.54) is 0 Å². The van der Waals surface area contributed by atoms with Gasteiger partial charge in [-0.15, -0.1) is 0 Å². The summed E-state index contributed by atoms with van der Waals surface area (Å²) in [6.07, 6.45) is 2.85. The minimum Gasteiger partial charge on any atom is -0.396 e. The van der Waals surface area contributed by atoms with Crippen molar-refractivity contribution in [2.75, 3.05) is 19.8 Å². The average Bonchev–Trinajstić information content (AvgIpc) is 2.18. The zero-order valence-electron chi connectivity index (χ0n) is 8.11. The van der Waals surface area contributed by atoms with Crippen molar-refractivity contribution in [1.29, 1.82) is 0 Å². The van der Waals surface area contributed by atoms with Gasteiger partial charge in [0.2, 0.25) is 0 Å². The SMILES string of the molecule is CCCCC(S)C(CO)(CO)CO. The maximum absolute atomic E-state index is 9.08. The maximum Gasteiger partial charge on any atom is 0.0542 e.